The largest absolute Gasteiger partial charge is 0.361 e. The number of aliphatic hydroxyl groups excluding tert-OH is 1. The molecule has 0 heterocycles. The average Bonchev–Trinajstić information content (AvgIpc) is 1.84. The van der Waals surface area contributed by atoms with Crippen molar-refractivity contribution in [3.63, 3.8) is 0 Å². The van der Waals surface area contributed by atoms with Crippen molar-refractivity contribution in [3.8, 4) is 0 Å². The summed E-state index contributed by atoms with van der Waals surface area (Å²) in [4.78, 5) is 0. The third kappa shape index (κ3) is 3.12. The van der Waals surface area contributed by atoms with Gasteiger partial charge in [0, 0.05) is 6.42 Å². The molecular weight excluding hydrogens is 136 g/mol. The highest BCUT2D eigenvalue weighted by atomic mass is 16.6. The third-order valence-electron chi connectivity index (χ3n) is 1.13. The van der Waals surface area contributed by atoms with E-state index in [0.29, 0.717) is 12.8 Å². The smallest absolute Gasteiger partial charge is 0.279 e. The normalized spacial score (nSPS) is 12.6. The summed E-state index contributed by atoms with van der Waals surface area (Å²) in [5.41, 5.74) is 0. The van der Waals surface area contributed by atoms with Crippen LogP contribution in [0.4, 0.5) is 0 Å². The summed E-state index contributed by atoms with van der Waals surface area (Å²) < 4.78 is 0. The molecule has 4 nitrogen and oxygen atoms in total. The van der Waals surface area contributed by atoms with Crippen LogP contribution in [0, 0.1) is 13.2 Å². The first-order valence-corrected chi connectivity index (χ1v) is 3.00. The van der Waals surface area contributed by atoms with Crippen molar-refractivity contribution in [2.45, 2.75) is 25.0 Å². The van der Waals surface area contributed by atoms with Gasteiger partial charge in [-0.1, -0.05) is 13.3 Å². The topological polar surface area (TPSA) is 80.9 Å². The zero-order valence-electron chi connectivity index (χ0n) is 5.62. The molecule has 0 fully saturated rings. The van der Waals surface area contributed by atoms with Crippen molar-refractivity contribution in [1.29, 1.82) is 0 Å². The fourth-order valence-electron chi connectivity index (χ4n) is 0.483. The maximum atomic E-state index is 8.71. The molecule has 0 amide bonds. The number of rotatable bonds is 4. The second-order valence-electron chi connectivity index (χ2n) is 2.10. The lowest BCUT2D eigenvalue weighted by molar-refractivity contribution is -0.231. The Morgan fingerprint density at radius 2 is 1.80 bits per heavy atom. The van der Waals surface area contributed by atoms with Crippen LogP contribution in [0.5, 0.6) is 0 Å². The summed E-state index contributed by atoms with van der Waals surface area (Å²) in [7, 11) is 0. The third-order valence-corrected chi connectivity index (χ3v) is 1.13. The van der Waals surface area contributed by atoms with Crippen LogP contribution in [0.25, 0.3) is 0 Å². The van der Waals surface area contributed by atoms with Crippen molar-refractivity contribution < 1.29 is 20.4 Å². The van der Waals surface area contributed by atoms with Gasteiger partial charge in [0.25, 0.3) is 6.29 Å². The molecule has 0 saturated carbocycles. The maximum Gasteiger partial charge on any atom is 0.279 e. The Labute approximate surface area is 59.7 Å². The van der Waals surface area contributed by atoms with E-state index in [9.17, 15) is 0 Å². The van der Waals surface area contributed by atoms with E-state index in [1.165, 1.54) is 0 Å². The molecule has 60 valence electrons. The Balaban J connectivity index is 3.63. The van der Waals surface area contributed by atoms with Crippen LogP contribution in [-0.2, 0) is 0 Å². The molecule has 0 unspecified atom stereocenters. The number of hydrogen-bond donors (Lipinski definition) is 4. The average molecular weight is 148 g/mol. The molecule has 2 radical (unpaired) electrons. The van der Waals surface area contributed by atoms with Gasteiger partial charge in [-0.05, 0) is 6.42 Å². The molecule has 4 N–H and O–H groups in total. The molecule has 0 aliphatic heterocycles. The summed E-state index contributed by atoms with van der Waals surface area (Å²) in [6, 6.07) is 0. The molecule has 0 aliphatic rings. The summed E-state index contributed by atoms with van der Waals surface area (Å²) >= 11 is 0. The first-order chi connectivity index (χ1) is 4.50. The highest BCUT2D eigenvalue weighted by Crippen LogP contribution is 2.17. The summed E-state index contributed by atoms with van der Waals surface area (Å²) in [6.07, 6.45) is -0.520. The summed E-state index contributed by atoms with van der Waals surface area (Å²) in [5.74, 6) is -2.46. The van der Waals surface area contributed by atoms with Crippen LogP contribution in [0.1, 0.15) is 19.3 Å². The van der Waals surface area contributed by atoms with Crippen molar-refractivity contribution in [1.82, 2.24) is 0 Å². The van der Waals surface area contributed by atoms with Crippen molar-refractivity contribution in [3.05, 3.63) is 13.2 Å². The van der Waals surface area contributed by atoms with Crippen molar-refractivity contribution in [2.75, 3.05) is 0 Å². The van der Waals surface area contributed by atoms with E-state index in [2.05, 4.69) is 6.92 Å². The predicted molar refractivity (Wildman–Crippen MR) is 33.5 cm³/mol. The van der Waals surface area contributed by atoms with Gasteiger partial charge >= 0.3 is 0 Å². The van der Waals surface area contributed by atoms with Gasteiger partial charge in [-0.2, -0.15) is 0 Å². The number of aliphatic hydroxyl groups is 4. The lowest BCUT2D eigenvalue weighted by Gasteiger charge is -2.21. The monoisotopic (exact) mass is 148 g/mol. The standard InChI is InChI=1S/C6H12O4/c1-2-3-4-6(9,10)5(7)8/h7-10H,1-4H2. The molecule has 0 aliphatic carbocycles. The Hall–Kier alpha value is -0.160. The van der Waals surface area contributed by atoms with Gasteiger partial charge in [-0.3, -0.25) is 0 Å². The molecule has 0 aromatic rings. The highest BCUT2D eigenvalue weighted by Gasteiger charge is 2.32. The molecule has 0 bridgehead atoms. The number of unbranched alkanes of at least 4 members (excludes halogenated alkanes) is 1. The SMILES string of the molecule is [CH2]CCCC(O)(O)[C](O)O. The van der Waals surface area contributed by atoms with E-state index in [4.69, 9.17) is 20.4 Å². The lowest BCUT2D eigenvalue weighted by Crippen LogP contribution is -2.35. The quantitative estimate of drug-likeness (QED) is 0.420. The summed E-state index contributed by atoms with van der Waals surface area (Å²) in [5, 5.41) is 33.9. The van der Waals surface area contributed by atoms with E-state index in [1.807, 2.05) is 0 Å². The van der Waals surface area contributed by atoms with Crippen LogP contribution >= 0.6 is 0 Å². The second-order valence-corrected chi connectivity index (χ2v) is 2.10. The molecule has 0 saturated heterocycles. The first kappa shape index (κ1) is 9.84. The maximum absolute atomic E-state index is 8.71. The minimum absolute atomic E-state index is 0.112. The lowest BCUT2D eigenvalue weighted by atomic mass is 10.1. The van der Waals surface area contributed by atoms with Crippen LogP contribution in [0.2, 0.25) is 0 Å². The first-order valence-electron chi connectivity index (χ1n) is 3.00. The van der Waals surface area contributed by atoms with E-state index >= 15 is 0 Å². The molecule has 0 aromatic heterocycles. The fraction of sp³-hybridized carbons (Fsp3) is 0.667. The van der Waals surface area contributed by atoms with Crippen molar-refractivity contribution >= 4 is 0 Å². The predicted octanol–water partition coefficient (Wildman–Crippen LogP) is -0.0938. The molecular formula is C6H12O4. The Morgan fingerprint density at radius 3 is 2.10 bits per heavy atom. The molecule has 10 heavy (non-hydrogen) atoms. The Morgan fingerprint density at radius 1 is 1.30 bits per heavy atom. The Bertz CT molecular complexity index is 89.7. The van der Waals surface area contributed by atoms with Crippen LogP contribution in [0.3, 0.4) is 0 Å². The molecule has 0 atom stereocenters. The van der Waals surface area contributed by atoms with Gasteiger partial charge in [-0.15, -0.1) is 0 Å². The van der Waals surface area contributed by atoms with Crippen molar-refractivity contribution in [2.24, 2.45) is 0 Å². The molecule has 0 rings (SSSR count). The van der Waals surface area contributed by atoms with Gasteiger partial charge in [0.15, 0.2) is 0 Å². The van der Waals surface area contributed by atoms with Gasteiger partial charge < -0.3 is 20.4 Å². The van der Waals surface area contributed by atoms with Gasteiger partial charge in [0.05, 0.1) is 0 Å². The molecule has 4 heteroatoms. The van der Waals surface area contributed by atoms with Gasteiger partial charge in [-0.25, -0.2) is 0 Å². The molecule has 0 aromatic carbocycles. The number of hydrogen-bond acceptors (Lipinski definition) is 4. The molecule has 0 spiro atoms. The van der Waals surface area contributed by atoms with Crippen LogP contribution in [-0.4, -0.2) is 26.2 Å². The minimum atomic E-state index is -2.46. The van der Waals surface area contributed by atoms with E-state index in [1.54, 1.807) is 0 Å². The fourth-order valence-corrected chi connectivity index (χ4v) is 0.483. The van der Waals surface area contributed by atoms with E-state index in [0.717, 1.165) is 0 Å². The highest BCUT2D eigenvalue weighted by molar-refractivity contribution is 4.79. The summed E-state index contributed by atoms with van der Waals surface area (Å²) in [6.45, 7) is 3.45. The van der Waals surface area contributed by atoms with Gasteiger partial charge in [0.1, 0.15) is 0 Å². The van der Waals surface area contributed by atoms with Crippen LogP contribution < -0.4 is 0 Å². The van der Waals surface area contributed by atoms with Gasteiger partial charge in [0.2, 0.25) is 5.79 Å². The van der Waals surface area contributed by atoms with Crippen LogP contribution in [0.15, 0.2) is 0 Å². The zero-order chi connectivity index (χ0) is 8.20. The Kier molecular flexibility index (Phi) is 3.81. The zero-order valence-corrected chi connectivity index (χ0v) is 5.62. The second kappa shape index (κ2) is 3.88. The minimum Gasteiger partial charge on any atom is -0.361 e. The van der Waals surface area contributed by atoms with E-state index < -0.39 is 12.1 Å². The van der Waals surface area contributed by atoms with E-state index in [-0.39, 0.29) is 6.42 Å².